The largest absolute Gasteiger partial charge is 0.383 e. The number of alkyl halides is 2. The van der Waals surface area contributed by atoms with Crippen molar-refractivity contribution >= 4 is 17.2 Å². The first-order chi connectivity index (χ1) is 10.4. The normalized spacial score (nSPS) is 25.5. The van der Waals surface area contributed by atoms with Crippen LogP contribution in [-0.2, 0) is 4.74 Å². The van der Waals surface area contributed by atoms with Gasteiger partial charge in [0, 0.05) is 43.6 Å². The predicted octanol–water partition coefficient (Wildman–Crippen LogP) is 2.24. The van der Waals surface area contributed by atoms with E-state index in [9.17, 15) is 13.6 Å². The summed E-state index contributed by atoms with van der Waals surface area (Å²) in [6, 6.07) is 3.50. The van der Waals surface area contributed by atoms with Crippen LogP contribution >= 0.6 is 11.3 Å². The van der Waals surface area contributed by atoms with E-state index in [2.05, 4.69) is 0 Å². The fourth-order valence-electron chi connectivity index (χ4n) is 3.23. The molecule has 122 valence electrons. The standard InChI is InChI=1S/C15H20F2N2O2S/c1-10-3-4-13(22-10)14(20)18-6-12(7-18)19-9-15(16,17)5-11(19)8-21-2/h3-4,11-12H,5-9H2,1-2H3/t11-/m0/s1. The molecule has 1 atom stereocenters. The average Bonchev–Trinajstić information content (AvgIpc) is 2.92. The van der Waals surface area contributed by atoms with Crippen LogP contribution in [-0.4, -0.2) is 67.1 Å². The Hall–Kier alpha value is -1.05. The number of rotatable bonds is 4. The number of nitrogens with zero attached hydrogens (tertiary/aromatic N) is 2. The second-order valence-electron chi connectivity index (χ2n) is 6.12. The number of carbonyl (C=O) groups excluding carboxylic acids is 1. The number of ether oxygens (including phenoxy) is 1. The Morgan fingerprint density at radius 2 is 2.18 bits per heavy atom. The highest BCUT2D eigenvalue weighted by Gasteiger charge is 2.50. The third-order valence-corrected chi connectivity index (χ3v) is 5.33. The second-order valence-corrected chi connectivity index (χ2v) is 7.40. The van der Waals surface area contributed by atoms with Gasteiger partial charge in [-0.05, 0) is 19.1 Å². The van der Waals surface area contributed by atoms with Gasteiger partial charge in [0.15, 0.2) is 0 Å². The predicted molar refractivity (Wildman–Crippen MR) is 80.7 cm³/mol. The topological polar surface area (TPSA) is 32.8 Å². The van der Waals surface area contributed by atoms with Gasteiger partial charge in [-0.3, -0.25) is 9.69 Å². The van der Waals surface area contributed by atoms with Crippen molar-refractivity contribution in [3.63, 3.8) is 0 Å². The van der Waals surface area contributed by atoms with Crippen LogP contribution in [0, 0.1) is 6.92 Å². The lowest BCUT2D eigenvalue weighted by Gasteiger charge is -2.45. The smallest absolute Gasteiger partial charge is 0.264 e. The molecule has 0 bridgehead atoms. The van der Waals surface area contributed by atoms with Crippen molar-refractivity contribution in [1.29, 1.82) is 0 Å². The number of halogens is 2. The van der Waals surface area contributed by atoms with Crippen LogP contribution in [0.5, 0.6) is 0 Å². The molecule has 2 aliphatic rings. The van der Waals surface area contributed by atoms with Gasteiger partial charge in [0.2, 0.25) is 0 Å². The molecule has 7 heteroatoms. The molecule has 2 fully saturated rings. The first-order valence-electron chi connectivity index (χ1n) is 7.38. The lowest BCUT2D eigenvalue weighted by atomic mass is 10.1. The minimum atomic E-state index is -2.65. The summed E-state index contributed by atoms with van der Waals surface area (Å²) in [5.41, 5.74) is 0. The van der Waals surface area contributed by atoms with Gasteiger partial charge in [-0.2, -0.15) is 0 Å². The molecule has 4 nitrogen and oxygen atoms in total. The molecule has 3 rings (SSSR count). The Balaban J connectivity index is 1.59. The van der Waals surface area contributed by atoms with Crippen LogP contribution in [0.2, 0.25) is 0 Å². The number of methoxy groups -OCH3 is 1. The van der Waals surface area contributed by atoms with Gasteiger partial charge in [0.1, 0.15) is 0 Å². The highest BCUT2D eigenvalue weighted by atomic mass is 32.1. The molecule has 0 radical (unpaired) electrons. The summed E-state index contributed by atoms with van der Waals surface area (Å²) < 4.78 is 32.3. The van der Waals surface area contributed by atoms with Crippen molar-refractivity contribution < 1.29 is 18.3 Å². The Labute approximate surface area is 132 Å². The third-order valence-electron chi connectivity index (χ3n) is 4.35. The Morgan fingerprint density at radius 1 is 1.45 bits per heavy atom. The van der Waals surface area contributed by atoms with Gasteiger partial charge in [-0.1, -0.05) is 0 Å². The number of likely N-dealkylation sites (tertiary alicyclic amines) is 2. The zero-order chi connectivity index (χ0) is 15.9. The Morgan fingerprint density at radius 3 is 2.77 bits per heavy atom. The van der Waals surface area contributed by atoms with Crippen molar-refractivity contribution in [2.24, 2.45) is 0 Å². The summed E-state index contributed by atoms with van der Waals surface area (Å²) in [5.74, 6) is -2.65. The van der Waals surface area contributed by atoms with Gasteiger partial charge in [-0.15, -0.1) is 11.3 Å². The van der Waals surface area contributed by atoms with E-state index in [0.29, 0.717) is 19.7 Å². The van der Waals surface area contributed by atoms with Gasteiger partial charge >= 0.3 is 0 Å². The molecule has 0 N–H and O–H groups in total. The van der Waals surface area contributed by atoms with Crippen LogP contribution < -0.4 is 0 Å². The lowest BCUT2D eigenvalue weighted by Crippen LogP contribution is -2.62. The highest BCUT2D eigenvalue weighted by molar-refractivity contribution is 7.13. The molecule has 3 heterocycles. The molecular formula is C15H20F2N2O2S. The van der Waals surface area contributed by atoms with E-state index < -0.39 is 5.92 Å². The fraction of sp³-hybridized carbons (Fsp3) is 0.667. The summed E-state index contributed by atoms with van der Waals surface area (Å²) in [7, 11) is 1.53. The van der Waals surface area contributed by atoms with E-state index in [1.807, 2.05) is 24.0 Å². The van der Waals surface area contributed by atoms with Crippen LogP contribution in [0.3, 0.4) is 0 Å². The number of hydrogen-bond donors (Lipinski definition) is 0. The molecule has 0 aromatic carbocycles. The molecule has 2 aliphatic heterocycles. The zero-order valence-electron chi connectivity index (χ0n) is 12.7. The maximum atomic E-state index is 13.6. The molecule has 0 unspecified atom stereocenters. The Kier molecular flexibility index (Phi) is 4.22. The fourth-order valence-corrected chi connectivity index (χ4v) is 4.07. The van der Waals surface area contributed by atoms with Crippen molar-refractivity contribution in [3.05, 3.63) is 21.9 Å². The third kappa shape index (κ3) is 3.02. The number of carbonyl (C=O) groups is 1. The lowest BCUT2D eigenvalue weighted by molar-refractivity contribution is -0.0135. The molecule has 2 saturated heterocycles. The van der Waals surface area contributed by atoms with E-state index in [1.54, 1.807) is 4.90 Å². The van der Waals surface area contributed by atoms with Gasteiger partial charge in [0.05, 0.1) is 18.0 Å². The molecule has 1 aromatic heterocycles. The number of amides is 1. The van der Waals surface area contributed by atoms with Crippen LogP contribution in [0.1, 0.15) is 21.0 Å². The maximum Gasteiger partial charge on any atom is 0.264 e. The van der Waals surface area contributed by atoms with E-state index in [-0.39, 0.29) is 31.0 Å². The van der Waals surface area contributed by atoms with E-state index in [1.165, 1.54) is 18.4 Å². The van der Waals surface area contributed by atoms with E-state index in [4.69, 9.17) is 4.74 Å². The van der Waals surface area contributed by atoms with Gasteiger partial charge in [-0.25, -0.2) is 8.78 Å². The first kappa shape index (κ1) is 15.8. The summed E-state index contributed by atoms with van der Waals surface area (Å²) in [6.07, 6.45) is -0.157. The highest BCUT2D eigenvalue weighted by Crippen LogP contribution is 2.35. The van der Waals surface area contributed by atoms with Crippen molar-refractivity contribution in [3.8, 4) is 0 Å². The minimum Gasteiger partial charge on any atom is -0.383 e. The molecule has 22 heavy (non-hydrogen) atoms. The molecular weight excluding hydrogens is 310 g/mol. The summed E-state index contributed by atoms with van der Waals surface area (Å²) in [6.45, 7) is 3.08. The van der Waals surface area contributed by atoms with Crippen LogP contribution in [0.4, 0.5) is 8.78 Å². The van der Waals surface area contributed by atoms with Gasteiger partial charge < -0.3 is 9.64 Å². The molecule has 1 amide bonds. The molecule has 0 saturated carbocycles. The number of aryl methyl sites for hydroxylation is 1. The molecule has 0 spiro atoms. The minimum absolute atomic E-state index is 0.00333. The number of hydrogen-bond acceptors (Lipinski definition) is 4. The number of thiophene rings is 1. The van der Waals surface area contributed by atoms with Crippen molar-refractivity contribution in [2.45, 2.75) is 31.4 Å². The van der Waals surface area contributed by atoms with Crippen LogP contribution in [0.25, 0.3) is 0 Å². The average molecular weight is 330 g/mol. The summed E-state index contributed by atoms with van der Waals surface area (Å²) in [5, 5.41) is 0. The maximum absolute atomic E-state index is 13.6. The quantitative estimate of drug-likeness (QED) is 0.849. The molecule has 0 aliphatic carbocycles. The van der Waals surface area contributed by atoms with Crippen LogP contribution in [0.15, 0.2) is 12.1 Å². The Bertz CT molecular complexity index is 557. The zero-order valence-corrected chi connectivity index (χ0v) is 13.5. The van der Waals surface area contributed by atoms with E-state index >= 15 is 0 Å². The first-order valence-corrected chi connectivity index (χ1v) is 8.19. The summed E-state index contributed by atoms with van der Waals surface area (Å²) in [4.78, 5) is 17.6. The van der Waals surface area contributed by atoms with Crippen molar-refractivity contribution in [1.82, 2.24) is 9.80 Å². The van der Waals surface area contributed by atoms with Gasteiger partial charge in [0.25, 0.3) is 11.8 Å². The molecule has 1 aromatic rings. The second kappa shape index (κ2) is 5.86. The SMILES string of the molecule is COC[C@@H]1CC(F)(F)CN1C1CN(C(=O)c2ccc(C)s2)C1. The summed E-state index contributed by atoms with van der Waals surface area (Å²) >= 11 is 1.47. The van der Waals surface area contributed by atoms with E-state index in [0.717, 1.165) is 9.75 Å². The van der Waals surface area contributed by atoms with Crippen molar-refractivity contribution in [2.75, 3.05) is 33.4 Å². The monoisotopic (exact) mass is 330 g/mol.